The molecule has 0 bridgehead atoms. The van der Waals surface area contributed by atoms with Gasteiger partial charge in [-0.3, -0.25) is 9.69 Å². The highest BCUT2D eigenvalue weighted by molar-refractivity contribution is 5.94. The minimum Gasteiger partial charge on any atom is -0.493 e. The minimum absolute atomic E-state index is 0.159. The quantitative estimate of drug-likeness (QED) is 0.796. The number of hydrogen-bond donors (Lipinski definition) is 1. The predicted octanol–water partition coefficient (Wildman–Crippen LogP) is 1.99. The van der Waals surface area contributed by atoms with Crippen LogP contribution in [0.3, 0.4) is 0 Å². The number of methoxy groups -OCH3 is 2. The van der Waals surface area contributed by atoms with Crippen LogP contribution in [0, 0.1) is 0 Å². The van der Waals surface area contributed by atoms with Gasteiger partial charge in [0.1, 0.15) is 5.60 Å². The second kappa shape index (κ2) is 9.64. The molecule has 0 unspecified atom stereocenters. The maximum absolute atomic E-state index is 12.3. The van der Waals surface area contributed by atoms with Gasteiger partial charge in [-0.05, 0) is 39.0 Å². The van der Waals surface area contributed by atoms with Crippen LogP contribution in [-0.2, 0) is 4.74 Å². The largest absolute Gasteiger partial charge is 0.493 e. The minimum atomic E-state index is -0.483. The van der Waals surface area contributed by atoms with Crippen LogP contribution in [0.15, 0.2) is 18.2 Å². The van der Waals surface area contributed by atoms with E-state index in [9.17, 15) is 9.59 Å². The average Bonchev–Trinajstić information content (AvgIpc) is 2.66. The van der Waals surface area contributed by atoms with Gasteiger partial charge in [-0.2, -0.15) is 0 Å². The number of piperazine rings is 1. The van der Waals surface area contributed by atoms with Crippen molar-refractivity contribution in [3.8, 4) is 11.5 Å². The number of rotatable bonds is 6. The van der Waals surface area contributed by atoms with E-state index in [1.165, 1.54) is 7.11 Å². The molecule has 28 heavy (non-hydrogen) atoms. The molecule has 1 heterocycles. The Bertz CT molecular complexity index is 679. The summed E-state index contributed by atoms with van der Waals surface area (Å²) in [5, 5.41) is 2.92. The number of amides is 2. The van der Waals surface area contributed by atoms with E-state index >= 15 is 0 Å². The van der Waals surface area contributed by atoms with Crippen LogP contribution in [0.25, 0.3) is 0 Å². The van der Waals surface area contributed by atoms with Gasteiger partial charge >= 0.3 is 6.09 Å². The highest BCUT2D eigenvalue weighted by atomic mass is 16.6. The van der Waals surface area contributed by atoms with Gasteiger partial charge in [-0.25, -0.2) is 4.79 Å². The van der Waals surface area contributed by atoms with Crippen molar-refractivity contribution in [2.24, 2.45) is 0 Å². The Morgan fingerprint density at radius 2 is 1.68 bits per heavy atom. The van der Waals surface area contributed by atoms with Crippen molar-refractivity contribution in [3.05, 3.63) is 23.8 Å². The molecular weight excluding hydrogens is 362 g/mol. The maximum atomic E-state index is 12.3. The molecule has 2 rings (SSSR count). The number of benzene rings is 1. The van der Waals surface area contributed by atoms with Crippen molar-refractivity contribution in [3.63, 3.8) is 0 Å². The molecule has 1 saturated heterocycles. The summed E-state index contributed by atoms with van der Waals surface area (Å²) >= 11 is 0. The van der Waals surface area contributed by atoms with Crippen molar-refractivity contribution in [1.82, 2.24) is 15.1 Å². The van der Waals surface area contributed by atoms with E-state index in [4.69, 9.17) is 14.2 Å². The van der Waals surface area contributed by atoms with Crippen molar-refractivity contribution < 1.29 is 23.8 Å². The summed E-state index contributed by atoms with van der Waals surface area (Å²) < 4.78 is 15.8. The molecule has 0 atom stereocenters. The molecule has 1 N–H and O–H groups in total. The SMILES string of the molecule is COc1ccc(C(=O)NCCN2CCN(C(=O)OC(C)(C)C)CC2)cc1OC. The lowest BCUT2D eigenvalue weighted by Gasteiger charge is -2.35. The molecule has 0 aromatic heterocycles. The lowest BCUT2D eigenvalue weighted by molar-refractivity contribution is 0.0147. The fraction of sp³-hybridized carbons (Fsp3) is 0.600. The third-order valence-corrected chi connectivity index (χ3v) is 4.38. The molecular formula is C20H31N3O5. The van der Waals surface area contributed by atoms with Crippen LogP contribution in [0.4, 0.5) is 4.79 Å². The Kier molecular flexibility index (Phi) is 7.51. The van der Waals surface area contributed by atoms with E-state index in [1.807, 2.05) is 20.8 Å². The van der Waals surface area contributed by atoms with Gasteiger partial charge in [0, 0.05) is 44.8 Å². The van der Waals surface area contributed by atoms with Gasteiger partial charge in [-0.15, -0.1) is 0 Å². The average molecular weight is 393 g/mol. The van der Waals surface area contributed by atoms with Gasteiger partial charge in [0.2, 0.25) is 0 Å². The third kappa shape index (κ3) is 6.30. The highest BCUT2D eigenvalue weighted by Gasteiger charge is 2.25. The van der Waals surface area contributed by atoms with E-state index < -0.39 is 5.60 Å². The molecule has 8 heteroatoms. The Balaban J connectivity index is 1.74. The lowest BCUT2D eigenvalue weighted by atomic mass is 10.2. The van der Waals surface area contributed by atoms with E-state index in [-0.39, 0.29) is 12.0 Å². The van der Waals surface area contributed by atoms with Gasteiger partial charge < -0.3 is 24.4 Å². The first kappa shape index (κ1) is 21.8. The Hall–Kier alpha value is -2.48. The summed E-state index contributed by atoms with van der Waals surface area (Å²) in [4.78, 5) is 28.4. The highest BCUT2D eigenvalue weighted by Crippen LogP contribution is 2.27. The number of nitrogens with zero attached hydrogens (tertiary/aromatic N) is 2. The monoisotopic (exact) mass is 393 g/mol. The zero-order chi connectivity index (χ0) is 20.7. The second-order valence-corrected chi connectivity index (χ2v) is 7.63. The Labute approximate surface area is 166 Å². The summed E-state index contributed by atoms with van der Waals surface area (Å²) in [5.74, 6) is 0.948. The van der Waals surface area contributed by atoms with Crippen LogP contribution in [0.1, 0.15) is 31.1 Å². The topological polar surface area (TPSA) is 80.3 Å². The van der Waals surface area contributed by atoms with Gasteiger partial charge in [0.15, 0.2) is 11.5 Å². The van der Waals surface area contributed by atoms with Crippen LogP contribution in [-0.4, -0.2) is 80.9 Å². The molecule has 0 spiro atoms. The molecule has 1 aromatic rings. The Morgan fingerprint density at radius 3 is 2.25 bits per heavy atom. The lowest BCUT2D eigenvalue weighted by Crippen LogP contribution is -2.51. The summed E-state index contributed by atoms with van der Waals surface area (Å²) in [7, 11) is 3.09. The first-order chi connectivity index (χ1) is 13.2. The zero-order valence-electron chi connectivity index (χ0n) is 17.4. The van der Waals surface area contributed by atoms with E-state index in [0.717, 1.165) is 19.6 Å². The number of carbonyl (C=O) groups excluding carboxylic acids is 2. The van der Waals surface area contributed by atoms with Crippen molar-refractivity contribution >= 4 is 12.0 Å². The standard InChI is InChI=1S/C20H31N3O5/c1-20(2,3)28-19(25)23-12-10-22(11-13-23)9-8-21-18(24)15-6-7-16(26-4)17(14-15)27-5/h6-7,14H,8-13H2,1-5H3,(H,21,24). The summed E-state index contributed by atoms with van der Waals surface area (Å²) in [6, 6.07) is 5.08. The fourth-order valence-electron chi connectivity index (χ4n) is 2.89. The predicted molar refractivity (Wildman–Crippen MR) is 106 cm³/mol. The fourth-order valence-corrected chi connectivity index (χ4v) is 2.89. The number of carbonyl (C=O) groups is 2. The van der Waals surface area contributed by atoms with Crippen LogP contribution in [0.5, 0.6) is 11.5 Å². The molecule has 8 nitrogen and oxygen atoms in total. The summed E-state index contributed by atoms with van der Waals surface area (Å²) in [6.07, 6.45) is -0.270. The normalized spacial score (nSPS) is 15.1. The second-order valence-electron chi connectivity index (χ2n) is 7.63. The van der Waals surface area contributed by atoms with Gasteiger partial charge in [0.05, 0.1) is 14.2 Å². The molecule has 156 valence electrons. The molecule has 1 aromatic carbocycles. The maximum Gasteiger partial charge on any atom is 0.410 e. The molecule has 1 aliphatic rings. The van der Waals surface area contributed by atoms with Crippen molar-refractivity contribution in [2.45, 2.75) is 26.4 Å². The summed E-state index contributed by atoms with van der Waals surface area (Å²) in [6.45, 7) is 9.60. The van der Waals surface area contributed by atoms with E-state index in [1.54, 1.807) is 30.2 Å². The van der Waals surface area contributed by atoms with Crippen LogP contribution >= 0.6 is 0 Å². The first-order valence-corrected chi connectivity index (χ1v) is 9.44. The third-order valence-electron chi connectivity index (χ3n) is 4.38. The van der Waals surface area contributed by atoms with Crippen molar-refractivity contribution in [1.29, 1.82) is 0 Å². The molecule has 2 amide bonds. The smallest absolute Gasteiger partial charge is 0.410 e. The molecule has 0 saturated carbocycles. The molecule has 0 aliphatic carbocycles. The number of nitrogens with one attached hydrogen (secondary N) is 1. The number of hydrogen-bond acceptors (Lipinski definition) is 6. The molecule has 1 aliphatic heterocycles. The van der Waals surface area contributed by atoms with Gasteiger partial charge in [0.25, 0.3) is 5.91 Å². The summed E-state index contributed by atoms with van der Waals surface area (Å²) in [5.41, 5.74) is 0.0372. The first-order valence-electron chi connectivity index (χ1n) is 9.44. The molecule has 1 fully saturated rings. The van der Waals surface area contributed by atoms with Crippen LogP contribution < -0.4 is 14.8 Å². The van der Waals surface area contributed by atoms with E-state index in [2.05, 4.69) is 10.2 Å². The van der Waals surface area contributed by atoms with Crippen molar-refractivity contribution in [2.75, 3.05) is 53.5 Å². The van der Waals surface area contributed by atoms with Gasteiger partial charge in [-0.1, -0.05) is 0 Å². The number of ether oxygens (including phenoxy) is 3. The zero-order valence-corrected chi connectivity index (χ0v) is 17.4. The van der Waals surface area contributed by atoms with Crippen LogP contribution in [0.2, 0.25) is 0 Å². The Morgan fingerprint density at radius 1 is 1.04 bits per heavy atom. The van der Waals surface area contributed by atoms with E-state index in [0.29, 0.717) is 36.7 Å². The molecule has 0 radical (unpaired) electrons.